The Bertz CT molecular complexity index is 3970. The molecule has 34 nitrogen and oxygen atoms in total. The number of esters is 2. The van der Waals surface area contributed by atoms with Crippen LogP contribution in [0.5, 0.6) is 0 Å². The van der Waals surface area contributed by atoms with Gasteiger partial charge in [-0.2, -0.15) is 0 Å². The van der Waals surface area contributed by atoms with Gasteiger partial charge in [0, 0.05) is 105 Å². The van der Waals surface area contributed by atoms with Crippen molar-refractivity contribution in [3.63, 3.8) is 0 Å². The molecular weight excluding hydrogens is 1840 g/mol. The van der Waals surface area contributed by atoms with Crippen molar-refractivity contribution in [3.8, 4) is 0 Å². The number of aliphatic hydroxyl groups excluding tert-OH is 8. The summed E-state index contributed by atoms with van der Waals surface area (Å²) in [6.07, 6.45) is -8.32. The smallest absolute Gasteiger partial charge is 0.407 e. The first-order valence-corrected chi connectivity index (χ1v) is 51.0. The number of carbonyl (C=O) groups is 7. The third kappa shape index (κ3) is 43.2. The first-order valence-electron chi connectivity index (χ1n) is 46.0. The van der Waals surface area contributed by atoms with E-state index in [4.69, 9.17) is 72.2 Å². The van der Waals surface area contributed by atoms with Gasteiger partial charge < -0.3 is 134 Å². The molecule has 6 saturated heterocycles. The van der Waals surface area contributed by atoms with Crippen LogP contribution in [0.1, 0.15) is 125 Å². The van der Waals surface area contributed by atoms with E-state index >= 15 is 0 Å². The van der Waals surface area contributed by atoms with Gasteiger partial charge in [-0.15, -0.1) is 0 Å². The molecule has 6 aromatic carbocycles. The lowest BCUT2D eigenvalue weighted by Gasteiger charge is -2.47. The zero-order valence-corrected chi connectivity index (χ0v) is 81.6. The second kappa shape index (κ2) is 69.5. The highest BCUT2D eigenvalue weighted by molar-refractivity contribution is 8.77. The molecule has 5 amide bonds. The van der Waals surface area contributed by atoms with E-state index in [9.17, 15) is 59.1 Å². The number of methoxy groups -OCH3 is 2. The molecular formula is C98H141N5O29S4. The minimum absolute atomic E-state index is 0.00625. The van der Waals surface area contributed by atoms with Gasteiger partial charge in [0.15, 0.2) is 12.6 Å². The SMILES string of the molecule is CC(COCCOC(=O)CCCSSCCNC(=O)CCC(c1ccccc1)(c1ccccc1)c1ccccc1)OCC(C)OCC(C)OCCOCCOC(=O)CCCSSCCNC(=O)CCC(c1ccccc1)(c1ccccc1)c1ccccc1.COC(=O)NCCO.COC(=O)NCCO.O=C(NCCO)OCC1O[C@H]2O[C@@H]3C(CO)O[C@@H](OCCCC[C@H]1[C@H](O)C2O)C(O)[C@H]3O. The highest BCUT2D eigenvalue weighted by Gasteiger charge is 2.52. The molecule has 12 rings (SSSR count). The minimum Gasteiger partial charge on any atom is -0.463 e. The van der Waals surface area contributed by atoms with Crippen LogP contribution >= 0.6 is 43.2 Å². The maximum absolute atomic E-state index is 13.2. The van der Waals surface area contributed by atoms with Crippen molar-refractivity contribution in [2.24, 2.45) is 5.92 Å². The Morgan fingerprint density at radius 1 is 0.397 bits per heavy atom. The number of carbonyl (C=O) groups excluding carboxylic acids is 7. The van der Waals surface area contributed by atoms with Crippen LogP contribution in [0.15, 0.2) is 182 Å². The number of nitrogens with one attached hydrogen (secondary N) is 5. The summed E-state index contributed by atoms with van der Waals surface area (Å²) in [6, 6.07) is 62.7. The van der Waals surface area contributed by atoms with Crippen molar-refractivity contribution >= 4 is 85.2 Å². The van der Waals surface area contributed by atoms with Gasteiger partial charge in [0.05, 0.1) is 111 Å². The van der Waals surface area contributed by atoms with E-state index in [0.717, 1.165) is 56.4 Å². The van der Waals surface area contributed by atoms with Gasteiger partial charge in [-0.05, 0) is 92.7 Å². The highest BCUT2D eigenvalue weighted by atomic mass is 33.1. The monoisotopic (exact) mass is 1980 g/mol. The van der Waals surface area contributed by atoms with Crippen molar-refractivity contribution in [1.29, 1.82) is 0 Å². The minimum atomic E-state index is -1.53. The van der Waals surface area contributed by atoms with E-state index in [1.54, 1.807) is 43.2 Å². The third-order valence-corrected chi connectivity index (χ3v) is 26.7. The predicted molar refractivity (Wildman–Crippen MR) is 519 cm³/mol. The molecule has 0 aromatic heterocycles. The largest absolute Gasteiger partial charge is 0.463 e. The second-order valence-electron chi connectivity index (χ2n) is 31.7. The van der Waals surface area contributed by atoms with E-state index < -0.39 is 96.9 Å². The number of benzene rings is 6. The lowest BCUT2D eigenvalue weighted by molar-refractivity contribution is -0.357. The number of alkyl carbamates (subject to hydrolysis) is 3. The van der Waals surface area contributed by atoms with Crippen LogP contribution in [-0.2, 0) is 96.3 Å². The molecule has 0 radical (unpaired) electrons. The van der Waals surface area contributed by atoms with Gasteiger partial charge in [0.25, 0.3) is 0 Å². The molecule has 7 unspecified atom stereocenters. The Labute approximate surface area is 813 Å². The van der Waals surface area contributed by atoms with Crippen molar-refractivity contribution in [1.82, 2.24) is 26.6 Å². The average Bonchev–Trinajstić information content (AvgIpc) is 0.759. The number of amides is 5. The maximum Gasteiger partial charge on any atom is 0.407 e. The molecule has 0 spiro atoms. The van der Waals surface area contributed by atoms with E-state index in [1.165, 1.54) is 14.2 Å². The molecule has 6 aliphatic rings. The lowest BCUT2D eigenvalue weighted by atomic mass is 9.66. The topological polar surface area (TPSA) is 471 Å². The van der Waals surface area contributed by atoms with Crippen LogP contribution in [0, 0.1) is 5.92 Å². The van der Waals surface area contributed by atoms with Crippen LogP contribution in [-0.4, -0.2) is 326 Å². The van der Waals surface area contributed by atoms with Gasteiger partial charge >= 0.3 is 30.2 Å². The van der Waals surface area contributed by atoms with Crippen LogP contribution in [0.4, 0.5) is 14.4 Å². The summed E-state index contributed by atoms with van der Waals surface area (Å²) in [7, 11) is 9.31. The van der Waals surface area contributed by atoms with Gasteiger partial charge in [-0.25, -0.2) is 14.4 Å². The van der Waals surface area contributed by atoms with Crippen LogP contribution < -0.4 is 26.6 Å². The zero-order chi connectivity index (χ0) is 98.2. The molecule has 0 saturated carbocycles. The molecule has 38 heteroatoms. The predicted octanol–water partition coefficient (Wildman–Crippen LogP) is 8.97. The average molecular weight is 1980 g/mol. The fraction of sp³-hybridized carbons (Fsp3) is 0.561. The number of hydrogen-bond donors (Lipinski definition) is 13. The number of ether oxygens (including phenoxy) is 14. The molecule has 756 valence electrons. The van der Waals surface area contributed by atoms with Crippen molar-refractivity contribution < 1.29 is 141 Å². The Kier molecular flexibility index (Phi) is 59.5. The Morgan fingerprint density at radius 3 is 1.20 bits per heavy atom. The van der Waals surface area contributed by atoms with E-state index in [-0.39, 0.29) is 115 Å². The molecule has 6 aromatic rings. The van der Waals surface area contributed by atoms with E-state index in [0.29, 0.717) is 123 Å². The van der Waals surface area contributed by atoms with Gasteiger partial charge in [0.2, 0.25) is 11.8 Å². The maximum atomic E-state index is 13.2. The number of hydrogen-bond acceptors (Lipinski definition) is 33. The van der Waals surface area contributed by atoms with Crippen molar-refractivity contribution in [2.45, 2.75) is 176 Å². The molecule has 13 atom stereocenters. The Hall–Kier alpha value is -8.27. The fourth-order valence-electron chi connectivity index (χ4n) is 14.9. The summed E-state index contributed by atoms with van der Waals surface area (Å²) >= 11 is 0. The summed E-state index contributed by atoms with van der Waals surface area (Å²) in [5.41, 5.74) is 6.04. The van der Waals surface area contributed by atoms with Gasteiger partial charge in [0.1, 0.15) is 56.4 Å². The lowest BCUT2D eigenvalue weighted by Crippen LogP contribution is -2.64. The normalized spacial score (nSPS) is 19.2. The number of rotatable bonds is 55. The van der Waals surface area contributed by atoms with Crippen LogP contribution in [0.25, 0.3) is 0 Å². The summed E-state index contributed by atoms with van der Waals surface area (Å²) in [6.45, 7) is 9.26. The Balaban J connectivity index is 0.000000478. The van der Waals surface area contributed by atoms with Crippen LogP contribution in [0.2, 0.25) is 0 Å². The van der Waals surface area contributed by atoms with Crippen molar-refractivity contribution in [2.75, 3.05) is 169 Å². The molecule has 6 fully saturated rings. The van der Waals surface area contributed by atoms with E-state index in [1.807, 2.05) is 57.2 Å². The molecule has 6 aliphatic heterocycles. The standard InChI is InChI=1S/C71H90N2O11S4.C19H33NO12.2C4H9NO3/c1-57(54-79-46-49-82-69(77)37-23-51-86-88-53-43-73-67(75)39-41-71(63-30-16-7-17-31-63,64-32-18-8-19-33-64)65-34-20-9-21-35-65)83-56-59(3)84-55-58(2)80-47-44-78-45-48-81-68(76)36-22-50-85-87-52-42-72-66(74)38-40-70(60-24-10-4-11-25-60,61-26-12-5-13-27-61)62-28-14-6-15-29-62;21-5-4-20-19(27)29-8-11-9-3-1-2-6-28-17-15(26)13(24)16(10(7-22)30-17)32-18(31-11)14(25)12(9)23;2*1-8-4(7)5-2-3-6/h4-21,24-35,57-59H,22-23,36-56H2,1-3H3,(H,72,74)(H,73,75);9-18,21-26H,1-8H2,(H,20,27);2*6H,2-3H2,1H3,(H,5,7)/t;9-,10?,11?,12+,13-,14?,15?,16-,17-,18+;;/m.1../s1. The summed E-state index contributed by atoms with van der Waals surface area (Å²) in [5.74, 6) is 2.14. The first-order chi connectivity index (χ1) is 66.1. The summed E-state index contributed by atoms with van der Waals surface area (Å²) in [5, 5.41) is 90.1. The van der Waals surface area contributed by atoms with Gasteiger partial charge in [-0.1, -0.05) is 232 Å². The highest BCUT2D eigenvalue weighted by Crippen LogP contribution is 2.45. The molecule has 136 heavy (non-hydrogen) atoms. The zero-order valence-electron chi connectivity index (χ0n) is 78.4. The summed E-state index contributed by atoms with van der Waals surface area (Å²) < 4.78 is 75.7. The fourth-order valence-corrected chi connectivity index (χ4v) is 18.8. The van der Waals surface area contributed by atoms with E-state index in [2.05, 4.69) is 182 Å². The third-order valence-electron chi connectivity index (χ3n) is 21.7. The Morgan fingerprint density at radius 2 is 0.779 bits per heavy atom. The summed E-state index contributed by atoms with van der Waals surface area (Å²) in [4.78, 5) is 82.9. The molecule has 0 aliphatic carbocycles. The molecule has 6 heterocycles. The van der Waals surface area contributed by atoms with Crippen molar-refractivity contribution in [3.05, 3.63) is 215 Å². The molecule has 4 bridgehead atoms. The quantitative estimate of drug-likeness (QED) is 0.00556. The molecule has 13 N–H and O–H groups in total. The second-order valence-corrected chi connectivity index (χ2v) is 37.1. The first kappa shape index (κ1) is 116. The number of aliphatic hydroxyl groups is 8. The van der Waals surface area contributed by atoms with Gasteiger partial charge in [-0.3, -0.25) is 19.2 Å². The van der Waals surface area contributed by atoms with Crippen LogP contribution in [0.3, 0.4) is 0 Å².